The topological polar surface area (TPSA) is 50.7 Å². The van der Waals surface area contributed by atoms with Gasteiger partial charge in [0.15, 0.2) is 11.5 Å². The lowest BCUT2D eigenvalue weighted by Gasteiger charge is -2.20. The van der Waals surface area contributed by atoms with Crippen LogP contribution in [0.3, 0.4) is 0 Å². The third-order valence-electron chi connectivity index (χ3n) is 3.52. The van der Waals surface area contributed by atoms with Crippen LogP contribution in [-0.2, 0) is 0 Å². The van der Waals surface area contributed by atoms with Crippen molar-refractivity contribution in [1.29, 1.82) is 0 Å². The third-order valence-corrected chi connectivity index (χ3v) is 3.52. The average molecular weight is 281 g/mol. The summed E-state index contributed by atoms with van der Waals surface area (Å²) >= 11 is 0. The maximum absolute atomic E-state index is 9.79. The molecule has 1 aromatic rings. The van der Waals surface area contributed by atoms with Gasteiger partial charge in [-0.3, -0.25) is 0 Å². The number of rotatable bonds is 8. The van der Waals surface area contributed by atoms with E-state index in [9.17, 15) is 5.11 Å². The fraction of sp³-hybridized carbons (Fsp3) is 0.625. The molecular formula is C16H27NO3. The highest BCUT2D eigenvalue weighted by atomic mass is 16.5. The highest BCUT2D eigenvalue weighted by Crippen LogP contribution is 2.32. The molecule has 0 aliphatic heterocycles. The second-order valence-electron chi connectivity index (χ2n) is 5.14. The van der Waals surface area contributed by atoms with Crippen LogP contribution in [0.4, 0.5) is 0 Å². The molecule has 0 heterocycles. The van der Waals surface area contributed by atoms with Crippen molar-refractivity contribution in [2.45, 2.75) is 45.8 Å². The second-order valence-corrected chi connectivity index (χ2v) is 5.14. The number of hydrogen-bond acceptors (Lipinski definition) is 4. The minimum atomic E-state index is -0.289. The summed E-state index contributed by atoms with van der Waals surface area (Å²) in [5.41, 5.74) is 2.30. The Morgan fingerprint density at radius 2 is 1.80 bits per heavy atom. The summed E-state index contributed by atoms with van der Waals surface area (Å²) in [5, 5.41) is 13.2. The van der Waals surface area contributed by atoms with E-state index < -0.39 is 0 Å². The quantitative estimate of drug-likeness (QED) is 0.769. The Bertz CT molecular complexity index is 420. The van der Waals surface area contributed by atoms with Gasteiger partial charge in [0.05, 0.1) is 20.3 Å². The summed E-state index contributed by atoms with van der Waals surface area (Å²) in [7, 11) is 3.28. The van der Waals surface area contributed by atoms with Gasteiger partial charge in [0.2, 0.25) is 0 Å². The molecule has 0 saturated heterocycles. The van der Waals surface area contributed by atoms with Gasteiger partial charge < -0.3 is 19.9 Å². The smallest absolute Gasteiger partial charge is 0.161 e. The molecule has 0 radical (unpaired) electrons. The number of hydrogen-bond donors (Lipinski definition) is 2. The SMILES string of the molecule is CCCC(O)CNC(C)c1cc(OC)c(OC)cc1C. The van der Waals surface area contributed by atoms with Crippen LogP contribution >= 0.6 is 0 Å². The minimum absolute atomic E-state index is 0.154. The normalized spacial score (nSPS) is 13.9. The van der Waals surface area contributed by atoms with Crippen LogP contribution in [0.2, 0.25) is 0 Å². The summed E-state index contributed by atoms with van der Waals surface area (Å²) in [6.45, 7) is 6.82. The highest BCUT2D eigenvalue weighted by Gasteiger charge is 2.14. The molecule has 114 valence electrons. The number of nitrogens with one attached hydrogen (secondary N) is 1. The standard InChI is InChI=1S/C16H27NO3/c1-6-7-13(18)10-17-12(3)14-9-16(20-5)15(19-4)8-11(14)2/h8-9,12-13,17-18H,6-7,10H2,1-5H3. The number of methoxy groups -OCH3 is 2. The summed E-state index contributed by atoms with van der Waals surface area (Å²) in [6, 6.07) is 4.13. The van der Waals surface area contributed by atoms with Gasteiger partial charge in [-0.2, -0.15) is 0 Å². The maximum atomic E-state index is 9.79. The zero-order chi connectivity index (χ0) is 15.1. The molecular weight excluding hydrogens is 254 g/mol. The predicted molar refractivity (Wildman–Crippen MR) is 81.6 cm³/mol. The van der Waals surface area contributed by atoms with Gasteiger partial charge >= 0.3 is 0 Å². The van der Waals surface area contributed by atoms with E-state index >= 15 is 0 Å². The molecule has 0 amide bonds. The predicted octanol–water partition coefficient (Wildman–Crippen LogP) is 2.82. The van der Waals surface area contributed by atoms with Gasteiger partial charge in [-0.1, -0.05) is 13.3 Å². The number of ether oxygens (including phenoxy) is 2. The fourth-order valence-electron chi connectivity index (χ4n) is 2.32. The molecule has 4 nitrogen and oxygen atoms in total. The summed E-state index contributed by atoms with van der Waals surface area (Å²) in [6.07, 6.45) is 1.53. The van der Waals surface area contributed by atoms with Gasteiger partial charge in [0.1, 0.15) is 0 Å². The Morgan fingerprint density at radius 3 is 2.35 bits per heavy atom. The molecule has 2 unspecified atom stereocenters. The van der Waals surface area contributed by atoms with Crippen LogP contribution in [0.1, 0.15) is 43.9 Å². The summed E-state index contributed by atoms with van der Waals surface area (Å²) in [4.78, 5) is 0. The first-order chi connectivity index (χ1) is 9.53. The summed E-state index contributed by atoms with van der Waals surface area (Å²) in [5.74, 6) is 1.47. The largest absolute Gasteiger partial charge is 0.493 e. The van der Waals surface area contributed by atoms with E-state index in [2.05, 4.69) is 26.1 Å². The Balaban J connectivity index is 2.79. The van der Waals surface area contributed by atoms with E-state index in [0.717, 1.165) is 35.5 Å². The number of aryl methyl sites for hydroxylation is 1. The van der Waals surface area contributed by atoms with Gasteiger partial charge in [-0.15, -0.1) is 0 Å². The summed E-state index contributed by atoms with van der Waals surface area (Å²) < 4.78 is 10.6. The molecule has 2 N–H and O–H groups in total. The van der Waals surface area contributed by atoms with Crippen molar-refractivity contribution in [2.24, 2.45) is 0 Å². The molecule has 0 aliphatic carbocycles. The van der Waals surface area contributed by atoms with Crippen LogP contribution < -0.4 is 14.8 Å². The van der Waals surface area contributed by atoms with Crippen LogP contribution in [-0.4, -0.2) is 32.0 Å². The van der Waals surface area contributed by atoms with E-state index in [-0.39, 0.29) is 12.1 Å². The van der Waals surface area contributed by atoms with Crippen LogP contribution in [0.15, 0.2) is 12.1 Å². The molecule has 0 saturated carbocycles. The average Bonchev–Trinajstić information content (AvgIpc) is 2.44. The van der Waals surface area contributed by atoms with E-state index in [1.807, 2.05) is 12.1 Å². The maximum Gasteiger partial charge on any atom is 0.161 e. The van der Waals surface area contributed by atoms with Crippen molar-refractivity contribution in [2.75, 3.05) is 20.8 Å². The molecule has 1 aromatic carbocycles. The molecule has 0 bridgehead atoms. The van der Waals surface area contributed by atoms with E-state index in [0.29, 0.717) is 6.54 Å². The number of aliphatic hydroxyl groups excluding tert-OH is 1. The first-order valence-corrected chi connectivity index (χ1v) is 7.17. The fourth-order valence-corrected chi connectivity index (χ4v) is 2.32. The first-order valence-electron chi connectivity index (χ1n) is 7.17. The second kappa shape index (κ2) is 8.12. The number of benzene rings is 1. The lowest BCUT2D eigenvalue weighted by Crippen LogP contribution is -2.29. The monoisotopic (exact) mass is 281 g/mol. The minimum Gasteiger partial charge on any atom is -0.493 e. The Kier molecular flexibility index (Phi) is 6.82. The number of aliphatic hydroxyl groups is 1. The van der Waals surface area contributed by atoms with Gasteiger partial charge in [0, 0.05) is 12.6 Å². The molecule has 2 atom stereocenters. The van der Waals surface area contributed by atoms with E-state index in [4.69, 9.17) is 9.47 Å². The van der Waals surface area contributed by atoms with Crippen molar-refractivity contribution in [1.82, 2.24) is 5.32 Å². The molecule has 0 aromatic heterocycles. The van der Waals surface area contributed by atoms with E-state index in [1.165, 1.54) is 0 Å². The van der Waals surface area contributed by atoms with Crippen LogP contribution in [0, 0.1) is 6.92 Å². The molecule has 1 rings (SSSR count). The lowest BCUT2D eigenvalue weighted by atomic mass is 10.0. The Labute approximate surface area is 122 Å². The van der Waals surface area contributed by atoms with Crippen molar-refractivity contribution >= 4 is 0 Å². The molecule has 4 heteroatoms. The lowest BCUT2D eigenvalue weighted by molar-refractivity contribution is 0.157. The Morgan fingerprint density at radius 1 is 1.20 bits per heavy atom. The van der Waals surface area contributed by atoms with E-state index in [1.54, 1.807) is 14.2 Å². The van der Waals surface area contributed by atoms with Crippen molar-refractivity contribution in [3.8, 4) is 11.5 Å². The van der Waals surface area contributed by atoms with Crippen LogP contribution in [0.5, 0.6) is 11.5 Å². The zero-order valence-corrected chi connectivity index (χ0v) is 13.2. The molecule has 20 heavy (non-hydrogen) atoms. The Hall–Kier alpha value is -1.26. The van der Waals surface area contributed by atoms with Crippen molar-refractivity contribution < 1.29 is 14.6 Å². The molecule has 0 fully saturated rings. The zero-order valence-electron chi connectivity index (χ0n) is 13.2. The first kappa shape index (κ1) is 16.8. The van der Waals surface area contributed by atoms with Gasteiger partial charge in [-0.25, -0.2) is 0 Å². The molecule has 0 spiro atoms. The molecule has 0 aliphatic rings. The van der Waals surface area contributed by atoms with Gasteiger partial charge in [0.25, 0.3) is 0 Å². The van der Waals surface area contributed by atoms with Crippen molar-refractivity contribution in [3.05, 3.63) is 23.3 Å². The van der Waals surface area contributed by atoms with Gasteiger partial charge in [-0.05, 0) is 43.5 Å². The van der Waals surface area contributed by atoms with Crippen LogP contribution in [0.25, 0.3) is 0 Å². The van der Waals surface area contributed by atoms with Crippen molar-refractivity contribution in [3.63, 3.8) is 0 Å². The highest BCUT2D eigenvalue weighted by molar-refractivity contribution is 5.47. The third kappa shape index (κ3) is 4.39.